The van der Waals surface area contributed by atoms with Crippen LogP contribution in [0.15, 0.2) is 28.7 Å². The van der Waals surface area contributed by atoms with Crippen molar-refractivity contribution in [3.8, 4) is 17.1 Å². The van der Waals surface area contributed by atoms with E-state index >= 15 is 0 Å². The molecule has 0 aliphatic rings. The Hall–Kier alpha value is -1.66. The number of anilines is 1. The number of rotatable bonds is 3. The molecule has 0 saturated heterocycles. The number of benzene rings is 1. The molecule has 1 heterocycles. The monoisotopic (exact) mass is 350 g/mol. The number of nitrogens with one attached hydrogen (secondary N) is 1. The van der Waals surface area contributed by atoms with Crippen molar-refractivity contribution < 1.29 is 4.74 Å². The second kappa shape index (κ2) is 5.99. The highest BCUT2D eigenvalue weighted by molar-refractivity contribution is 9.10. The molecule has 0 saturated carbocycles. The number of methoxy groups -OCH3 is 1. The maximum Gasteiger partial charge on any atom is 0.163 e. The van der Waals surface area contributed by atoms with Gasteiger partial charge in [0.1, 0.15) is 11.6 Å². The first-order valence-corrected chi connectivity index (χ1v) is 7.34. The summed E-state index contributed by atoms with van der Waals surface area (Å²) >= 11 is 3.53. The molecule has 0 radical (unpaired) electrons. The SMILES string of the molecule is COc1ccc(Br)c(-c2nc(NN)cc(C(C)(C)C)n2)c1. The number of ether oxygens (including phenoxy) is 1. The van der Waals surface area contributed by atoms with Gasteiger partial charge in [-0.2, -0.15) is 0 Å². The van der Waals surface area contributed by atoms with Crippen molar-refractivity contribution in [3.63, 3.8) is 0 Å². The third-order valence-electron chi connectivity index (χ3n) is 3.06. The van der Waals surface area contributed by atoms with Crippen LogP contribution in [0.25, 0.3) is 11.4 Å². The molecule has 3 N–H and O–H groups in total. The molecule has 2 rings (SSSR count). The Morgan fingerprint density at radius 1 is 1.19 bits per heavy atom. The van der Waals surface area contributed by atoms with E-state index in [1.807, 2.05) is 24.3 Å². The van der Waals surface area contributed by atoms with Gasteiger partial charge in [-0.25, -0.2) is 15.8 Å². The zero-order valence-corrected chi connectivity index (χ0v) is 14.2. The summed E-state index contributed by atoms with van der Waals surface area (Å²) in [7, 11) is 1.63. The van der Waals surface area contributed by atoms with Crippen molar-refractivity contribution in [3.05, 3.63) is 34.4 Å². The Labute approximate surface area is 133 Å². The average Bonchev–Trinajstić information content (AvgIpc) is 2.46. The second-order valence-electron chi connectivity index (χ2n) is 5.70. The molecule has 21 heavy (non-hydrogen) atoms. The quantitative estimate of drug-likeness (QED) is 0.654. The molecule has 1 aromatic carbocycles. The summed E-state index contributed by atoms with van der Waals surface area (Å²) in [5.41, 5.74) is 4.27. The van der Waals surface area contributed by atoms with Gasteiger partial charge in [-0.3, -0.25) is 0 Å². The van der Waals surface area contributed by atoms with E-state index in [0.29, 0.717) is 11.6 Å². The van der Waals surface area contributed by atoms with Crippen molar-refractivity contribution in [2.24, 2.45) is 5.84 Å². The fourth-order valence-corrected chi connectivity index (χ4v) is 2.25. The zero-order valence-electron chi connectivity index (χ0n) is 12.6. The zero-order chi connectivity index (χ0) is 15.6. The number of hydrogen-bond acceptors (Lipinski definition) is 5. The van der Waals surface area contributed by atoms with Crippen molar-refractivity contribution in [1.82, 2.24) is 9.97 Å². The highest BCUT2D eigenvalue weighted by atomic mass is 79.9. The predicted molar refractivity (Wildman–Crippen MR) is 88.2 cm³/mol. The van der Waals surface area contributed by atoms with E-state index in [0.717, 1.165) is 21.5 Å². The molecule has 112 valence electrons. The van der Waals surface area contributed by atoms with Crippen LogP contribution < -0.4 is 16.0 Å². The van der Waals surface area contributed by atoms with Crippen LogP contribution in [-0.2, 0) is 5.41 Å². The number of nitrogen functional groups attached to an aromatic ring is 1. The molecule has 5 nitrogen and oxygen atoms in total. The van der Waals surface area contributed by atoms with Gasteiger partial charge >= 0.3 is 0 Å². The third-order valence-corrected chi connectivity index (χ3v) is 3.75. The summed E-state index contributed by atoms with van der Waals surface area (Å²) in [6.07, 6.45) is 0. The van der Waals surface area contributed by atoms with E-state index in [-0.39, 0.29) is 5.41 Å². The van der Waals surface area contributed by atoms with Crippen LogP contribution in [0.2, 0.25) is 0 Å². The van der Waals surface area contributed by atoms with Crippen LogP contribution in [0, 0.1) is 0 Å². The van der Waals surface area contributed by atoms with Crippen molar-refractivity contribution in [1.29, 1.82) is 0 Å². The number of nitrogens with zero attached hydrogens (tertiary/aromatic N) is 2. The van der Waals surface area contributed by atoms with E-state index in [1.54, 1.807) is 7.11 Å². The number of hydrogen-bond donors (Lipinski definition) is 2. The minimum Gasteiger partial charge on any atom is -0.497 e. The van der Waals surface area contributed by atoms with Crippen molar-refractivity contribution >= 4 is 21.7 Å². The molecular formula is C15H19BrN4O. The predicted octanol–water partition coefficient (Wildman–Crippen LogP) is 3.50. The van der Waals surface area contributed by atoms with E-state index in [2.05, 4.69) is 52.1 Å². The first kappa shape index (κ1) is 15.7. The first-order chi connectivity index (χ1) is 9.85. The van der Waals surface area contributed by atoms with Gasteiger partial charge in [-0.05, 0) is 18.2 Å². The first-order valence-electron chi connectivity index (χ1n) is 6.55. The van der Waals surface area contributed by atoms with Crippen LogP contribution in [0.1, 0.15) is 26.5 Å². The van der Waals surface area contributed by atoms with E-state index in [9.17, 15) is 0 Å². The number of hydrazine groups is 1. The summed E-state index contributed by atoms with van der Waals surface area (Å²) in [5.74, 6) is 7.46. The molecule has 0 aliphatic carbocycles. The lowest BCUT2D eigenvalue weighted by Gasteiger charge is -2.19. The summed E-state index contributed by atoms with van der Waals surface area (Å²) in [6.45, 7) is 6.29. The van der Waals surface area contributed by atoms with E-state index in [1.165, 1.54) is 0 Å². The number of halogens is 1. The van der Waals surface area contributed by atoms with Gasteiger partial charge in [0.2, 0.25) is 0 Å². The van der Waals surface area contributed by atoms with Crippen LogP contribution in [0.5, 0.6) is 5.75 Å². The minimum absolute atomic E-state index is 0.103. The fourth-order valence-electron chi connectivity index (χ4n) is 1.83. The largest absolute Gasteiger partial charge is 0.497 e. The standard InChI is InChI=1S/C15H19BrN4O/c1-15(2,3)12-8-13(20-17)19-14(18-12)10-7-9(21-4)5-6-11(10)16/h5-8H,17H2,1-4H3,(H,18,19,20). The Balaban J connectivity index is 2.63. The number of nitrogens with two attached hydrogens (primary N) is 1. The molecule has 0 fully saturated rings. The Morgan fingerprint density at radius 3 is 2.48 bits per heavy atom. The van der Waals surface area contributed by atoms with Gasteiger partial charge in [0.25, 0.3) is 0 Å². The molecule has 0 bridgehead atoms. The van der Waals surface area contributed by atoms with Crippen LogP contribution >= 0.6 is 15.9 Å². The molecule has 2 aromatic rings. The fraction of sp³-hybridized carbons (Fsp3) is 0.333. The van der Waals surface area contributed by atoms with Gasteiger partial charge in [0.15, 0.2) is 5.82 Å². The summed E-state index contributed by atoms with van der Waals surface area (Å²) < 4.78 is 6.17. The van der Waals surface area contributed by atoms with Crippen LogP contribution in [0.3, 0.4) is 0 Å². The molecular weight excluding hydrogens is 332 g/mol. The third kappa shape index (κ3) is 3.51. The highest BCUT2D eigenvalue weighted by Gasteiger charge is 2.19. The summed E-state index contributed by atoms with van der Waals surface area (Å²) in [6, 6.07) is 7.55. The highest BCUT2D eigenvalue weighted by Crippen LogP contribution is 2.32. The average molecular weight is 351 g/mol. The lowest BCUT2D eigenvalue weighted by Crippen LogP contribution is -2.17. The topological polar surface area (TPSA) is 73.1 Å². The minimum atomic E-state index is -0.103. The van der Waals surface area contributed by atoms with E-state index < -0.39 is 0 Å². The van der Waals surface area contributed by atoms with Crippen LogP contribution in [0.4, 0.5) is 5.82 Å². The van der Waals surface area contributed by atoms with Gasteiger partial charge in [-0.15, -0.1) is 0 Å². The Kier molecular flexibility index (Phi) is 4.49. The maximum atomic E-state index is 5.53. The van der Waals surface area contributed by atoms with Crippen LogP contribution in [-0.4, -0.2) is 17.1 Å². The molecule has 6 heteroatoms. The van der Waals surface area contributed by atoms with Crippen molar-refractivity contribution in [2.75, 3.05) is 12.5 Å². The van der Waals surface area contributed by atoms with Gasteiger partial charge in [-0.1, -0.05) is 36.7 Å². The Morgan fingerprint density at radius 2 is 1.90 bits per heavy atom. The molecule has 0 amide bonds. The normalized spacial score (nSPS) is 11.3. The van der Waals surface area contributed by atoms with Gasteiger partial charge < -0.3 is 10.2 Å². The summed E-state index contributed by atoms with van der Waals surface area (Å²) in [5, 5.41) is 0. The molecule has 0 spiro atoms. The molecule has 0 unspecified atom stereocenters. The molecule has 1 aromatic heterocycles. The molecule has 0 atom stereocenters. The lowest BCUT2D eigenvalue weighted by atomic mass is 9.92. The number of aromatic nitrogens is 2. The summed E-state index contributed by atoms with van der Waals surface area (Å²) in [4.78, 5) is 9.11. The van der Waals surface area contributed by atoms with Crippen molar-refractivity contribution in [2.45, 2.75) is 26.2 Å². The van der Waals surface area contributed by atoms with Gasteiger partial charge in [0.05, 0.1) is 12.8 Å². The Bertz CT molecular complexity index is 653. The smallest absolute Gasteiger partial charge is 0.163 e. The second-order valence-corrected chi connectivity index (χ2v) is 6.56. The van der Waals surface area contributed by atoms with E-state index in [4.69, 9.17) is 10.6 Å². The van der Waals surface area contributed by atoms with Gasteiger partial charge in [0, 0.05) is 21.5 Å². The molecule has 0 aliphatic heterocycles. The lowest BCUT2D eigenvalue weighted by molar-refractivity contribution is 0.415. The maximum absolute atomic E-state index is 5.53.